The van der Waals surface area contributed by atoms with Crippen molar-refractivity contribution in [3.05, 3.63) is 50.9 Å². The Bertz CT molecular complexity index is 1100. The first-order valence-corrected chi connectivity index (χ1v) is 10.2. The Hall–Kier alpha value is -2.50. The number of nitrogens with zero attached hydrogens (tertiary/aromatic N) is 2. The summed E-state index contributed by atoms with van der Waals surface area (Å²) in [7, 11) is 0. The summed E-state index contributed by atoms with van der Waals surface area (Å²) in [6.45, 7) is 4.20. The SMILES string of the molecule is CC(=N)N1C(=N)CN=C(c2ccc(Cl)cc2)c2c1sc(C#CC1(O)COC1)c2C. The number of fused-ring (bicyclic) bond motifs is 1. The minimum absolute atomic E-state index is 0.174. The van der Waals surface area contributed by atoms with Gasteiger partial charge in [-0.25, -0.2) is 0 Å². The van der Waals surface area contributed by atoms with Gasteiger partial charge in [0.05, 0.1) is 30.3 Å². The Kier molecular flexibility index (Phi) is 5.05. The number of hydrogen-bond acceptors (Lipinski definition) is 6. The molecular formula is C21H19ClN4O2S. The summed E-state index contributed by atoms with van der Waals surface area (Å²) >= 11 is 7.45. The number of thiophene rings is 1. The van der Waals surface area contributed by atoms with Crippen molar-refractivity contribution in [2.24, 2.45) is 4.99 Å². The van der Waals surface area contributed by atoms with E-state index in [1.807, 2.05) is 31.2 Å². The topological polar surface area (TPSA) is 92.8 Å². The summed E-state index contributed by atoms with van der Waals surface area (Å²) in [5, 5.41) is 28.2. The van der Waals surface area contributed by atoms with Crippen molar-refractivity contribution in [3.63, 3.8) is 0 Å². The molecule has 2 aliphatic heterocycles. The number of benzene rings is 1. The molecule has 2 aliphatic rings. The highest BCUT2D eigenvalue weighted by molar-refractivity contribution is 7.17. The van der Waals surface area contributed by atoms with Crippen LogP contribution in [0.25, 0.3) is 0 Å². The molecule has 6 nitrogen and oxygen atoms in total. The fourth-order valence-corrected chi connectivity index (χ4v) is 4.59. The summed E-state index contributed by atoms with van der Waals surface area (Å²) in [5.74, 6) is 6.46. The van der Waals surface area contributed by atoms with Crippen molar-refractivity contribution in [1.82, 2.24) is 0 Å². The van der Waals surface area contributed by atoms with Crippen molar-refractivity contribution in [2.45, 2.75) is 19.4 Å². The fraction of sp³-hybridized carbons (Fsp3) is 0.286. The molecule has 8 heteroatoms. The number of aliphatic imine (C=N–C) groups is 1. The molecule has 29 heavy (non-hydrogen) atoms. The first-order chi connectivity index (χ1) is 13.8. The number of halogens is 1. The number of ether oxygens (including phenoxy) is 1. The molecule has 148 valence electrons. The van der Waals surface area contributed by atoms with Crippen LogP contribution in [0.3, 0.4) is 0 Å². The van der Waals surface area contributed by atoms with Crippen LogP contribution in [0.1, 0.15) is 28.5 Å². The van der Waals surface area contributed by atoms with Crippen LogP contribution in [0.2, 0.25) is 5.02 Å². The van der Waals surface area contributed by atoms with Gasteiger partial charge in [0.15, 0.2) is 5.60 Å². The summed E-state index contributed by atoms with van der Waals surface area (Å²) in [6.07, 6.45) is 0. The molecule has 1 aromatic heterocycles. The minimum Gasteiger partial charge on any atom is -0.373 e. The molecule has 4 rings (SSSR count). The molecule has 3 N–H and O–H groups in total. The number of rotatable bonds is 1. The first-order valence-electron chi connectivity index (χ1n) is 8.99. The van der Waals surface area contributed by atoms with Gasteiger partial charge in [-0.3, -0.25) is 20.7 Å². The second-order valence-electron chi connectivity index (χ2n) is 7.05. The summed E-state index contributed by atoms with van der Waals surface area (Å²) in [4.78, 5) is 7.07. The number of nitrogens with one attached hydrogen (secondary N) is 2. The van der Waals surface area contributed by atoms with Crippen LogP contribution in [0, 0.1) is 29.6 Å². The lowest BCUT2D eigenvalue weighted by atomic mass is 9.99. The van der Waals surface area contributed by atoms with E-state index in [0.29, 0.717) is 5.02 Å². The third kappa shape index (κ3) is 3.61. The van der Waals surface area contributed by atoms with Crippen molar-refractivity contribution in [3.8, 4) is 11.8 Å². The van der Waals surface area contributed by atoms with E-state index >= 15 is 0 Å². The Morgan fingerprint density at radius 1 is 1.34 bits per heavy atom. The van der Waals surface area contributed by atoms with E-state index in [9.17, 15) is 5.11 Å². The molecular weight excluding hydrogens is 408 g/mol. The lowest BCUT2D eigenvalue weighted by molar-refractivity contribution is -0.140. The van der Waals surface area contributed by atoms with Crippen molar-refractivity contribution >= 4 is 45.3 Å². The second kappa shape index (κ2) is 7.39. The van der Waals surface area contributed by atoms with Gasteiger partial charge in [0.2, 0.25) is 0 Å². The molecule has 0 amide bonds. The summed E-state index contributed by atoms with van der Waals surface area (Å²) in [6, 6.07) is 7.42. The predicted molar refractivity (Wildman–Crippen MR) is 117 cm³/mol. The molecule has 2 aromatic rings. The normalized spacial score (nSPS) is 17.4. The highest BCUT2D eigenvalue weighted by Gasteiger charge is 2.34. The van der Waals surface area contributed by atoms with Gasteiger partial charge >= 0.3 is 0 Å². The minimum atomic E-state index is -1.11. The van der Waals surface area contributed by atoms with Gasteiger partial charge in [-0.1, -0.05) is 35.6 Å². The van der Waals surface area contributed by atoms with E-state index < -0.39 is 5.60 Å². The van der Waals surface area contributed by atoms with Gasteiger partial charge in [-0.15, -0.1) is 11.3 Å². The average molecular weight is 427 g/mol. The maximum atomic E-state index is 10.2. The standard InChI is InChI=1S/C21H19ClN4O2S/c1-12-16(7-8-21(27)10-28-11-21)29-20-18(12)19(14-3-5-15(22)6-4-14)25-9-17(24)26(20)13(2)23/h3-6,23-24,27H,9-11H2,1-2H3. The van der Waals surface area contributed by atoms with Crippen molar-refractivity contribution in [2.75, 3.05) is 24.7 Å². The van der Waals surface area contributed by atoms with Gasteiger partial charge in [-0.2, -0.15) is 0 Å². The predicted octanol–water partition coefficient (Wildman–Crippen LogP) is 3.45. The molecule has 0 atom stereocenters. The molecule has 0 bridgehead atoms. The van der Waals surface area contributed by atoms with E-state index in [-0.39, 0.29) is 31.4 Å². The zero-order valence-electron chi connectivity index (χ0n) is 16.0. The van der Waals surface area contributed by atoms with Gasteiger partial charge < -0.3 is 9.84 Å². The van der Waals surface area contributed by atoms with Crippen LogP contribution in [0.15, 0.2) is 29.3 Å². The Labute approximate surface area is 177 Å². The molecule has 0 radical (unpaired) electrons. The lowest BCUT2D eigenvalue weighted by Gasteiger charge is -2.30. The van der Waals surface area contributed by atoms with Crippen LogP contribution >= 0.6 is 22.9 Å². The highest BCUT2D eigenvalue weighted by atomic mass is 35.5. The third-order valence-corrected chi connectivity index (χ3v) is 6.21. The Morgan fingerprint density at radius 2 is 2.03 bits per heavy atom. The molecule has 1 saturated heterocycles. The van der Waals surface area contributed by atoms with Crippen LogP contribution in [0.5, 0.6) is 0 Å². The highest BCUT2D eigenvalue weighted by Crippen LogP contribution is 2.39. The van der Waals surface area contributed by atoms with Gasteiger partial charge in [-0.05, 0) is 31.5 Å². The van der Waals surface area contributed by atoms with E-state index in [1.165, 1.54) is 11.3 Å². The quantitative estimate of drug-likeness (QED) is 0.370. The second-order valence-corrected chi connectivity index (χ2v) is 8.49. The third-order valence-electron chi connectivity index (χ3n) is 4.77. The van der Waals surface area contributed by atoms with Gasteiger partial charge in [0, 0.05) is 16.1 Å². The number of anilines is 1. The van der Waals surface area contributed by atoms with Gasteiger partial charge in [0.25, 0.3) is 0 Å². The Morgan fingerprint density at radius 3 is 2.62 bits per heavy atom. The van der Waals surface area contributed by atoms with Crippen LogP contribution in [0.4, 0.5) is 5.00 Å². The van der Waals surface area contributed by atoms with Crippen LogP contribution in [-0.4, -0.2) is 47.8 Å². The zero-order valence-corrected chi connectivity index (χ0v) is 17.5. The molecule has 0 saturated carbocycles. The average Bonchev–Trinajstić information content (AvgIpc) is 2.87. The monoisotopic (exact) mass is 426 g/mol. The van der Waals surface area contributed by atoms with Gasteiger partial charge in [0.1, 0.15) is 16.7 Å². The van der Waals surface area contributed by atoms with Crippen molar-refractivity contribution < 1.29 is 9.84 Å². The fourth-order valence-electron chi connectivity index (χ4n) is 3.22. The molecule has 1 fully saturated rings. The maximum Gasteiger partial charge on any atom is 0.172 e. The molecule has 1 aromatic carbocycles. The summed E-state index contributed by atoms with van der Waals surface area (Å²) in [5.41, 5.74) is 2.30. The van der Waals surface area contributed by atoms with E-state index in [0.717, 1.165) is 32.3 Å². The lowest BCUT2D eigenvalue weighted by Crippen LogP contribution is -2.48. The van der Waals surface area contributed by atoms with Crippen LogP contribution < -0.4 is 4.90 Å². The summed E-state index contributed by atoms with van der Waals surface area (Å²) < 4.78 is 5.06. The molecule has 0 aliphatic carbocycles. The largest absolute Gasteiger partial charge is 0.373 e. The maximum absolute atomic E-state index is 10.2. The molecule has 0 unspecified atom stereocenters. The molecule has 0 spiro atoms. The van der Waals surface area contributed by atoms with E-state index in [1.54, 1.807) is 11.8 Å². The molecule has 3 heterocycles. The first kappa shape index (κ1) is 19.8. The number of amidine groups is 2. The van der Waals surface area contributed by atoms with Crippen molar-refractivity contribution in [1.29, 1.82) is 10.8 Å². The zero-order chi connectivity index (χ0) is 20.8. The number of aliphatic hydroxyl groups is 1. The number of hydrogen-bond donors (Lipinski definition) is 3. The Balaban J connectivity index is 1.89. The van der Waals surface area contributed by atoms with E-state index in [4.69, 9.17) is 27.2 Å². The van der Waals surface area contributed by atoms with E-state index in [2.05, 4.69) is 16.8 Å². The van der Waals surface area contributed by atoms with Crippen LogP contribution in [-0.2, 0) is 4.74 Å². The smallest absolute Gasteiger partial charge is 0.172 e.